The number of hydrogen-bond acceptors (Lipinski definition) is 3. The number of halogens is 3. The van der Waals surface area contributed by atoms with E-state index in [1.807, 2.05) is 0 Å². The van der Waals surface area contributed by atoms with E-state index in [2.05, 4.69) is 5.32 Å². The van der Waals surface area contributed by atoms with Gasteiger partial charge in [-0.3, -0.25) is 14.8 Å². The van der Waals surface area contributed by atoms with Crippen LogP contribution in [0.4, 0.5) is 18.9 Å². The average molecular weight is 400 g/mol. The third kappa shape index (κ3) is 4.44. The van der Waals surface area contributed by atoms with Crippen molar-refractivity contribution in [2.75, 3.05) is 5.32 Å². The van der Waals surface area contributed by atoms with Gasteiger partial charge in [-0.15, -0.1) is 0 Å². The number of nitrogens with one attached hydrogen (secondary N) is 2. The molecule has 29 heavy (non-hydrogen) atoms. The number of amides is 2. The second-order valence-electron chi connectivity index (χ2n) is 6.14. The van der Waals surface area contributed by atoms with E-state index in [1.165, 1.54) is 12.1 Å². The molecule has 148 valence electrons. The van der Waals surface area contributed by atoms with E-state index in [-0.39, 0.29) is 5.69 Å². The van der Waals surface area contributed by atoms with Crippen LogP contribution in [0.15, 0.2) is 66.7 Å². The molecule has 3 rings (SSSR count). The molecule has 0 fully saturated rings. The topological polar surface area (TPSA) is 78.4 Å². The largest absolute Gasteiger partial charge is 0.322 e. The highest BCUT2D eigenvalue weighted by molar-refractivity contribution is 6.04. The zero-order chi connectivity index (χ0) is 21.0. The summed E-state index contributed by atoms with van der Waals surface area (Å²) in [6, 6.07) is 15.5. The maximum absolute atomic E-state index is 13.7. The van der Waals surface area contributed by atoms with Crippen LogP contribution in [0, 0.1) is 17.5 Å². The summed E-state index contributed by atoms with van der Waals surface area (Å²) >= 11 is 0. The summed E-state index contributed by atoms with van der Waals surface area (Å²) in [7, 11) is 0. The molecule has 0 aliphatic heterocycles. The lowest BCUT2D eigenvalue weighted by molar-refractivity contribution is -0.129. The Hall–Kier alpha value is -3.65. The highest BCUT2D eigenvalue weighted by Gasteiger charge is 2.22. The minimum atomic E-state index is -1.39. The van der Waals surface area contributed by atoms with Crippen LogP contribution < -0.4 is 10.8 Å². The van der Waals surface area contributed by atoms with E-state index in [9.17, 15) is 22.8 Å². The molecule has 0 radical (unpaired) electrons. The van der Waals surface area contributed by atoms with Gasteiger partial charge in [0.1, 0.15) is 5.82 Å². The fraction of sp³-hybridized carbons (Fsp3) is 0.0476. The molecule has 0 bridgehead atoms. The van der Waals surface area contributed by atoms with Crippen LogP contribution >= 0.6 is 0 Å². The van der Waals surface area contributed by atoms with Gasteiger partial charge in [0.05, 0.1) is 11.5 Å². The zero-order valence-electron chi connectivity index (χ0n) is 14.8. The molecule has 3 aromatic carbocycles. The Balaban J connectivity index is 1.83. The van der Waals surface area contributed by atoms with Crippen molar-refractivity contribution in [2.45, 2.75) is 5.92 Å². The molecule has 3 N–H and O–H groups in total. The standard InChI is InChI=1S/C21H15F3N2O3/c22-16-11-18(24)17(23)10-15(16)20(27)25-14-8-6-13(7-9-14)19(21(28)26-29)12-4-2-1-3-5-12/h1-11,19,29H,(H,25,27)(H,26,28). The molecule has 3 aromatic rings. The fourth-order valence-electron chi connectivity index (χ4n) is 2.86. The summed E-state index contributed by atoms with van der Waals surface area (Å²) in [5.41, 5.74) is 2.40. The maximum atomic E-state index is 13.7. The van der Waals surface area contributed by atoms with E-state index in [0.717, 1.165) is 0 Å². The van der Waals surface area contributed by atoms with Gasteiger partial charge in [-0.2, -0.15) is 0 Å². The third-order valence-electron chi connectivity index (χ3n) is 4.26. The second-order valence-corrected chi connectivity index (χ2v) is 6.14. The molecular weight excluding hydrogens is 385 g/mol. The van der Waals surface area contributed by atoms with Crippen molar-refractivity contribution in [3.8, 4) is 0 Å². The first kappa shape index (κ1) is 20.1. The SMILES string of the molecule is O=C(Nc1ccc(C(C(=O)NO)c2ccccc2)cc1)c1cc(F)c(F)cc1F. The van der Waals surface area contributed by atoms with Crippen LogP contribution in [0.3, 0.4) is 0 Å². The lowest BCUT2D eigenvalue weighted by Crippen LogP contribution is -2.27. The van der Waals surface area contributed by atoms with Gasteiger partial charge in [-0.05, 0) is 29.3 Å². The van der Waals surface area contributed by atoms with Gasteiger partial charge in [-0.1, -0.05) is 42.5 Å². The van der Waals surface area contributed by atoms with E-state index < -0.39 is 40.7 Å². The Morgan fingerprint density at radius 2 is 1.38 bits per heavy atom. The number of benzene rings is 3. The Labute approximate surface area is 163 Å². The molecule has 8 heteroatoms. The summed E-state index contributed by atoms with van der Waals surface area (Å²) < 4.78 is 40.0. The Morgan fingerprint density at radius 3 is 2.00 bits per heavy atom. The minimum absolute atomic E-state index is 0.249. The minimum Gasteiger partial charge on any atom is -0.322 e. The molecule has 5 nitrogen and oxygen atoms in total. The van der Waals surface area contributed by atoms with Gasteiger partial charge >= 0.3 is 0 Å². The third-order valence-corrected chi connectivity index (χ3v) is 4.26. The fourth-order valence-corrected chi connectivity index (χ4v) is 2.86. The summed E-state index contributed by atoms with van der Waals surface area (Å²) in [5, 5.41) is 11.4. The molecule has 0 saturated carbocycles. The highest BCUT2D eigenvalue weighted by Crippen LogP contribution is 2.26. The summed E-state index contributed by atoms with van der Waals surface area (Å²) in [5.74, 6) is -6.32. The van der Waals surface area contributed by atoms with Gasteiger partial charge < -0.3 is 5.32 Å². The highest BCUT2D eigenvalue weighted by atomic mass is 19.2. The molecule has 0 aliphatic rings. The molecule has 0 saturated heterocycles. The zero-order valence-corrected chi connectivity index (χ0v) is 14.8. The summed E-state index contributed by atoms with van der Waals surface area (Å²) in [6.07, 6.45) is 0. The number of rotatable bonds is 5. The molecule has 0 heterocycles. The normalized spacial score (nSPS) is 11.6. The molecule has 1 unspecified atom stereocenters. The second kappa shape index (κ2) is 8.57. The van der Waals surface area contributed by atoms with Gasteiger partial charge in [0.25, 0.3) is 11.8 Å². The molecule has 1 atom stereocenters. The van der Waals surface area contributed by atoms with Gasteiger partial charge in [0.2, 0.25) is 0 Å². The molecule has 2 amide bonds. The smallest absolute Gasteiger partial charge is 0.258 e. The Bertz CT molecular complexity index is 1040. The van der Waals surface area contributed by atoms with Crippen LogP contribution in [-0.2, 0) is 4.79 Å². The first-order valence-corrected chi connectivity index (χ1v) is 8.45. The van der Waals surface area contributed by atoms with Crippen molar-refractivity contribution in [3.63, 3.8) is 0 Å². The van der Waals surface area contributed by atoms with Crippen LogP contribution in [0.1, 0.15) is 27.4 Å². The van der Waals surface area contributed by atoms with Crippen molar-refractivity contribution >= 4 is 17.5 Å². The van der Waals surface area contributed by atoms with E-state index in [1.54, 1.807) is 47.9 Å². The van der Waals surface area contributed by atoms with Crippen LogP contribution in [0.25, 0.3) is 0 Å². The van der Waals surface area contributed by atoms with Crippen molar-refractivity contribution in [2.24, 2.45) is 0 Å². The molecule has 0 aliphatic carbocycles. The molecule has 0 spiro atoms. The molecule has 0 aromatic heterocycles. The predicted octanol–water partition coefficient (Wildman–Crippen LogP) is 3.99. The van der Waals surface area contributed by atoms with Crippen LogP contribution in [0.2, 0.25) is 0 Å². The summed E-state index contributed by atoms with van der Waals surface area (Å²) in [4.78, 5) is 24.3. The first-order valence-electron chi connectivity index (χ1n) is 8.45. The van der Waals surface area contributed by atoms with Crippen molar-refractivity contribution in [1.82, 2.24) is 5.48 Å². The average Bonchev–Trinajstić information content (AvgIpc) is 2.72. The monoisotopic (exact) mass is 400 g/mol. The Kier molecular flexibility index (Phi) is 5.94. The Morgan fingerprint density at radius 1 is 0.793 bits per heavy atom. The lowest BCUT2D eigenvalue weighted by atomic mass is 9.90. The van der Waals surface area contributed by atoms with E-state index in [0.29, 0.717) is 23.3 Å². The number of carbonyl (C=O) groups is 2. The van der Waals surface area contributed by atoms with Gasteiger partial charge in [0, 0.05) is 11.8 Å². The first-order chi connectivity index (χ1) is 13.9. The molecular formula is C21H15F3N2O3. The summed E-state index contributed by atoms with van der Waals surface area (Å²) in [6.45, 7) is 0. The van der Waals surface area contributed by atoms with E-state index in [4.69, 9.17) is 5.21 Å². The van der Waals surface area contributed by atoms with Gasteiger partial charge in [0.15, 0.2) is 11.6 Å². The quantitative estimate of drug-likeness (QED) is 0.344. The predicted molar refractivity (Wildman–Crippen MR) is 98.9 cm³/mol. The number of hydroxylamine groups is 1. The van der Waals surface area contributed by atoms with Crippen LogP contribution in [-0.4, -0.2) is 17.0 Å². The number of carbonyl (C=O) groups excluding carboxylic acids is 2. The van der Waals surface area contributed by atoms with E-state index >= 15 is 0 Å². The van der Waals surface area contributed by atoms with Crippen molar-refractivity contribution < 1.29 is 28.0 Å². The van der Waals surface area contributed by atoms with Crippen molar-refractivity contribution in [3.05, 3.63) is 101 Å². The van der Waals surface area contributed by atoms with Gasteiger partial charge in [-0.25, -0.2) is 18.7 Å². The maximum Gasteiger partial charge on any atom is 0.258 e. The van der Waals surface area contributed by atoms with Crippen LogP contribution in [0.5, 0.6) is 0 Å². The number of hydrogen-bond donors (Lipinski definition) is 3. The lowest BCUT2D eigenvalue weighted by Gasteiger charge is -2.16. The van der Waals surface area contributed by atoms with Crippen molar-refractivity contribution in [1.29, 1.82) is 0 Å². The number of anilines is 1.